The average molecular weight is 556 g/mol. The smallest absolute Gasteiger partial charge is 0.317 e. The molecule has 0 spiro atoms. The van der Waals surface area contributed by atoms with Crippen molar-refractivity contribution in [1.29, 1.82) is 0 Å². The number of rotatable bonds is 6. The van der Waals surface area contributed by atoms with Gasteiger partial charge < -0.3 is 9.47 Å². The zero-order valence-electron chi connectivity index (χ0n) is 20.9. The lowest BCUT2D eigenvalue weighted by Gasteiger charge is -2.55. The zero-order valence-corrected chi connectivity index (χ0v) is 22.4. The molecule has 1 saturated heterocycles. The third-order valence-electron chi connectivity index (χ3n) is 8.38. The standard InChI is InChI=1S/C29H27ClFNO5S/c1-36-24-9-16(10-25-26(33)32(28(35)38-25)15-20-3-4-21(31)11-22(20)30)2-5-23(24)37-27(34)29-12-17-6-18(13-29)8-19(7-17)14-29/h2-5,9-11,17-19H,6-8,12-15H2,1H3/b25-10-. The molecule has 2 aromatic rings. The van der Waals surface area contributed by atoms with Gasteiger partial charge in [-0.2, -0.15) is 0 Å². The summed E-state index contributed by atoms with van der Waals surface area (Å²) >= 11 is 6.90. The normalized spacial score (nSPS) is 28.9. The van der Waals surface area contributed by atoms with Crippen LogP contribution >= 0.6 is 23.4 Å². The van der Waals surface area contributed by atoms with E-state index in [4.69, 9.17) is 21.1 Å². The average Bonchev–Trinajstić information content (AvgIpc) is 3.12. The fraction of sp³-hybridized carbons (Fsp3) is 0.414. The third kappa shape index (κ3) is 4.62. The molecule has 7 rings (SSSR count). The number of nitrogens with zero attached hydrogens (tertiary/aromatic N) is 1. The molecule has 6 nitrogen and oxygen atoms in total. The van der Waals surface area contributed by atoms with Gasteiger partial charge in [-0.1, -0.05) is 23.7 Å². The van der Waals surface area contributed by atoms with Crippen LogP contribution in [-0.2, 0) is 16.1 Å². The fourth-order valence-corrected chi connectivity index (χ4v) is 8.10. The van der Waals surface area contributed by atoms with Crippen LogP contribution in [0.25, 0.3) is 6.08 Å². The van der Waals surface area contributed by atoms with Crippen LogP contribution in [0.4, 0.5) is 9.18 Å². The molecule has 5 aliphatic rings. The minimum absolute atomic E-state index is 0.0519. The number of amides is 2. The van der Waals surface area contributed by atoms with Crippen LogP contribution in [0.1, 0.15) is 49.7 Å². The maximum absolute atomic E-state index is 13.4. The van der Waals surface area contributed by atoms with E-state index in [2.05, 4.69) is 0 Å². The van der Waals surface area contributed by atoms with Crippen molar-refractivity contribution >= 4 is 46.6 Å². The number of carbonyl (C=O) groups excluding carboxylic acids is 3. The summed E-state index contributed by atoms with van der Waals surface area (Å²) < 4.78 is 24.8. The first-order valence-corrected chi connectivity index (χ1v) is 14.0. The molecule has 0 radical (unpaired) electrons. The van der Waals surface area contributed by atoms with Crippen molar-refractivity contribution in [1.82, 2.24) is 4.90 Å². The van der Waals surface area contributed by atoms with Crippen LogP contribution in [-0.4, -0.2) is 29.1 Å². The lowest BCUT2D eigenvalue weighted by Crippen LogP contribution is -2.51. The summed E-state index contributed by atoms with van der Waals surface area (Å²) in [5.41, 5.74) is 0.718. The van der Waals surface area contributed by atoms with E-state index in [0.717, 1.165) is 42.0 Å². The summed E-state index contributed by atoms with van der Waals surface area (Å²) in [6.07, 6.45) is 8.07. The van der Waals surface area contributed by atoms with Crippen LogP contribution < -0.4 is 9.47 Å². The lowest BCUT2D eigenvalue weighted by molar-refractivity contribution is -0.161. The van der Waals surface area contributed by atoms with Crippen molar-refractivity contribution in [3.05, 3.63) is 63.3 Å². The van der Waals surface area contributed by atoms with Crippen LogP contribution in [0.5, 0.6) is 11.5 Å². The number of hydrogen-bond acceptors (Lipinski definition) is 6. The Kier molecular flexibility index (Phi) is 6.51. The van der Waals surface area contributed by atoms with Gasteiger partial charge in [0.15, 0.2) is 11.5 Å². The molecular weight excluding hydrogens is 529 g/mol. The number of benzene rings is 2. The minimum Gasteiger partial charge on any atom is -0.493 e. The predicted octanol–water partition coefficient (Wildman–Crippen LogP) is 6.85. The molecule has 1 aliphatic heterocycles. The van der Waals surface area contributed by atoms with Gasteiger partial charge in [-0.15, -0.1) is 0 Å². The van der Waals surface area contributed by atoms with Gasteiger partial charge in [0.2, 0.25) is 0 Å². The number of ether oxygens (including phenoxy) is 2. The van der Waals surface area contributed by atoms with E-state index < -0.39 is 17.0 Å². The summed E-state index contributed by atoms with van der Waals surface area (Å²) in [7, 11) is 1.50. The molecule has 2 amide bonds. The first-order chi connectivity index (χ1) is 18.2. The topological polar surface area (TPSA) is 72.9 Å². The van der Waals surface area contributed by atoms with Crippen molar-refractivity contribution in [2.45, 2.75) is 45.1 Å². The summed E-state index contributed by atoms with van der Waals surface area (Å²) in [6, 6.07) is 8.93. The maximum atomic E-state index is 13.4. The van der Waals surface area contributed by atoms with E-state index in [9.17, 15) is 18.8 Å². The van der Waals surface area contributed by atoms with E-state index in [1.807, 2.05) is 0 Å². The van der Waals surface area contributed by atoms with Crippen LogP contribution in [0.2, 0.25) is 5.02 Å². The monoisotopic (exact) mass is 555 g/mol. The van der Waals surface area contributed by atoms with Crippen LogP contribution in [0.3, 0.4) is 0 Å². The Labute approximate surface area is 229 Å². The Morgan fingerprint density at radius 2 is 1.76 bits per heavy atom. The highest BCUT2D eigenvalue weighted by molar-refractivity contribution is 8.18. The molecule has 0 atom stereocenters. The summed E-state index contributed by atoms with van der Waals surface area (Å²) in [5.74, 6) is 1.51. The highest BCUT2D eigenvalue weighted by atomic mass is 35.5. The van der Waals surface area contributed by atoms with E-state index in [0.29, 0.717) is 40.4 Å². The molecule has 4 aliphatic carbocycles. The van der Waals surface area contributed by atoms with Gasteiger partial charge in [-0.25, -0.2) is 4.39 Å². The Bertz CT molecular complexity index is 1340. The SMILES string of the molecule is COc1cc(/C=C2\SC(=O)N(Cc3ccc(F)cc3Cl)C2=O)ccc1OC(=O)C12CC3CC(CC(C3)C1)C2. The maximum Gasteiger partial charge on any atom is 0.317 e. The number of carbonyl (C=O) groups is 3. The van der Waals surface area contributed by atoms with Crippen molar-refractivity contribution in [3.8, 4) is 11.5 Å². The number of esters is 1. The molecule has 198 valence electrons. The first kappa shape index (κ1) is 25.4. The predicted molar refractivity (Wildman–Crippen MR) is 142 cm³/mol. The van der Waals surface area contributed by atoms with Crippen molar-refractivity contribution in [2.24, 2.45) is 23.2 Å². The number of imide groups is 1. The van der Waals surface area contributed by atoms with E-state index in [1.165, 1.54) is 38.5 Å². The molecule has 4 bridgehead atoms. The lowest BCUT2D eigenvalue weighted by atomic mass is 9.49. The van der Waals surface area contributed by atoms with E-state index in [-0.39, 0.29) is 27.9 Å². The summed E-state index contributed by atoms with van der Waals surface area (Å²) in [5, 5.41) is -0.286. The molecule has 9 heteroatoms. The van der Waals surface area contributed by atoms with Gasteiger partial charge in [-0.05, 0) is 110 Å². The first-order valence-electron chi connectivity index (χ1n) is 12.8. The van der Waals surface area contributed by atoms with Gasteiger partial charge in [0.05, 0.1) is 24.0 Å². The van der Waals surface area contributed by atoms with Crippen molar-refractivity contribution in [2.75, 3.05) is 7.11 Å². The Morgan fingerprint density at radius 3 is 2.39 bits per heavy atom. The highest BCUT2D eigenvalue weighted by Gasteiger charge is 2.55. The largest absolute Gasteiger partial charge is 0.493 e. The third-order valence-corrected chi connectivity index (χ3v) is 9.64. The molecular formula is C29H27ClFNO5S. The molecule has 4 saturated carbocycles. The fourth-order valence-electron chi connectivity index (χ4n) is 7.03. The Morgan fingerprint density at radius 1 is 1.08 bits per heavy atom. The van der Waals surface area contributed by atoms with Gasteiger partial charge in [0.1, 0.15) is 5.82 Å². The second kappa shape index (κ2) is 9.72. The molecule has 1 heterocycles. The van der Waals surface area contributed by atoms with Gasteiger partial charge in [0.25, 0.3) is 11.1 Å². The Hall–Kier alpha value is -2.84. The van der Waals surface area contributed by atoms with Gasteiger partial charge in [0, 0.05) is 5.02 Å². The quantitative estimate of drug-likeness (QED) is 0.220. The molecule has 5 fully saturated rings. The molecule has 2 aromatic carbocycles. The molecule has 0 unspecified atom stereocenters. The van der Waals surface area contributed by atoms with Gasteiger partial charge >= 0.3 is 5.97 Å². The minimum atomic E-state index is -0.492. The molecule has 0 aromatic heterocycles. The number of halogens is 2. The van der Waals surface area contributed by atoms with Crippen molar-refractivity contribution in [3.63, 3.8) is 0 Å². The summed E-state index contributed by atoms with van der Waals surface area (Å²) in [6.45, 7) is -0.0519. The van der Waals surface area contributed by atoms with Crippen LogP contribution in [0.15, 0.2) is 41.3 Å². The molecule has 0 N–H and O–H groups in total. The number of methoxy groups -OCH3 is 1. The van der Waals surface area contributed by atoms with E-state index in [1.54, 1.807) is 24.3 Å². The molecule has 38 heavy (non-hydrogen) atoms. The number of thioether (sulfide) groups is 1. The number of hydrogen-bond donors (Lipinski definition) is 0. The second-order valence-electron chi connectivity index (χ2n) is 11.0. The van der Waals surface area contributed by atoms with E-state index >= 15 is 0 Å². The zero-order chi connectivity index (χ0) is 26.6. The van der Waals surface area contributed by atoms with Crippen molar-refractivity contribution < 1.29 is 28.2 Å². The Balaban J connectivity index is 1.18. The second-order valence-corrected chi connectivity index (χ2v) is 12.4. The van der Waals surface area contributed by atoms with Crippen LogP contribution in [0, 0.1) is 29.0 Å². The summed E-state index contributed by atoms with van der Waals surface area (Å²) in [4.78, 5) is 40.2. The van der Waals surface area contributed by atoms with Gasteiger partial charge in [-0.3, -0.25) is 19.3 Å². The highest BCUT2D eigenvalue weighted by Crippen LogP contribution is 2.60.